The SMILES string of the molecule is CNC(=O)C1CCN(c2nc(NCCO)c3ccccc3n2)CC1. The van der Waals surface area contributed by atoms with Gasteiger partial charge in [0.15, 0.2) is 0 Å². The van der Waals surface area contributed by atoms with Gasteiger partial charge in [0.05, 0.1) is 12.1 Å². The number of aliphatic hydroxyl groups is 1. The first-order valence-electron chi connectivity index (χ1n) is 8.31. The first kappa shape index (κ1) is 16.4. The third-order valence-electron chi connectivity index (χ3n) is 4.39. The molecule has 0 atom stereocenters. The van der Waals surface area contributed by atoms with E-state index in [1.165, 1.54) is 0 Å². The van der Waals surface area contributed by atoms with Crippen molar-refractivity contribution in [3.05, 3.63) is 24.3 Å². The molecule has 1 aliphatic heterocycles. The molecule has 3 rings (SSSR count). The number of hydrogen-bond donors (Lipinski definition) is 3. The molecule has 1 fully saturated rings. The molecule has 0 saturated carbocycles. The Hall–Kier alpha value is -2.41. The average Bonchev–Trinajstić information content (AvgIpc) is 2.65. The molecule has 1 aromatic heterocycles. The van der Waals surface area contributed by atoms with Gasteiger partial charge in [-0.25, -0.2) is 4.98 Å². The molecule has 0 aliphatic carbocycles. The lowest BCUT2D eigenvalue weighted by molar-refractivity contribution is -0.125. The smallest absolute Gasteiger partial charge is 0.227 e. The molecule has 1 aliphatic rings. The van der Waals surface area contributed by atoms with Gasteiger partial charge in [-0.3, -0.25) is 4.79 Å². The van der Waals surface area contributed by atoms with Crippen molar-refractivity contribution < 1.29 is 9.90 Å². The Kier molecular flexibility index (Phi) is 5.10. The van der Waals surface area contributed by atoms with Gasteiger partial charge >= 0.3 is 0 Å². The van der Waals surface area contributed by atoms with E-state index in [0.717, 1.165) is 42.7 Å². The molecule has 24 heavy (non-hydrogen) atoms. The second-order valence-corrected chi connectivity index (χ2v) is 5.92. The summed E-state index contributed by atoms with van der Waals surface area (Å²) >= 11 is 0. The predicted molar refractivity (Wildman–Crippen MR) is 94.1 cm³/mol. The van der Waals surface area contributed by atoms with Crippen LogP contribution in [0.1, 0.15) is 12.8 Å². The number of fused-ring (bicyclic) bond motifs is 1. The highest BCUT2D eigenvalue weighted by Gasteiger charge is 2.26. The fourth-order valence-corrected chi connectivity index (χ4v) is 3.06. The summed E-state index contributed by atoms with van der Waals surface area (Å²) in [7, 11) is 1.68. The van der Waals surface area contributed by atoms with Gasteiger partial charge in [-0.15, -0.1) is 0 Å². The summed E-state index contributed by atoms with van der Waals surface area (Å²) in [5.74, 6) is 1.58. The van der Waals surface area contributed by atoms with Crippen LogP contribution >= 0.6 is 0 Å². The fourth-order valence-electron chi connectivity index (χ4n) is 3.06. The van der Waals surface area contributed by atoms with E-state index in [0.29, 0.717) is 12.5 Å². The van der Waals surface area contributed by atoms with E-state index in [1.54, 1.807) is 7.05 Å². The maximum absolute atomic E-state index is 11.8. The highest BCUT2D eigenvalue weighted by atomic mass is 16.3. The molecule has 7 heteroatoms. The van der Waals surface area contributed by atoms with E-state index < -0.39 is 0 Å². The molecular formula is C17H23N5O2. The predicted octanol–water partition coefficient (Wildman–Crippen LogP) is 0.996. The van der Waals surface area contributed by atoms with E-state index in [-0.39, 0.29) is 18.4 Å². The van der Waals surface area contributed by atoms with E-state index in [9.17, 15) is 4.79 Å². The summed E-state index contributed by atoms with van der Waals surface area (Å²) in [6.07, 6.45) is 1.60. The number of carbonyl (C=O) groups is 1. The minimum Gasteiger partial charge on any atom is -0.395 e. The standard InChI is InChI=1S/C17H23N5O2/c1-18-16(24)12-6-9-22(10-7-12)17-20-14-5-3-2-4-13(14)15(21-17)19-8-11-23/h2-5,12,23H,6-11H2,1H3,(H,18,24)(H,19,20,21). The number of amides is 1. The van der Waals surface area contributed by atoms with Gasteiger partial charge < -0.3 is 20.6 Å². The van der Waals surface area contributed by atoms with Gasteiger partial charge in [-0.1, -0.05) is 12.1 Å². The number of nitrogens with zero attached hydrogens (tertiary/aromatic N) is 3. The minimum absolute atomic E-state index is 0.0468. The molecule has 128 valence electrons. The summed E-state index contributed by atoms with van der Waals surface area (Å²) in [6, 6.07) is 7.83. The van der Waals surface area contributed by atoms with Crippen LogP contribution in [0.25, 0.3) is 10.9 Å². The largest absolute Gasteiger partial charge is 0.395 e. The van der Waals surface area contributed by atoms with Crippen molar-refractivity contribution in [3.8, 4) is 0 Å². The third kappa shape index (κ3) is 3.41. The number of aliphatic hydroxyl groups excluding tert-OH is 1. The lowest BCUT2D eigenvalue weighted by Gasteiger charge is -2.31. The molecule has 3 N–H and O–H groups in total. The van der Waals surface area contributed by atoms with Gasteiger partial charge in [0.25, 0.3) is 0 Å². The molecule has 1 aromatic carbocycles. The zero-order valence-corrected chi connectivity index (χ0v) is 13.8. The molecule has 0 bridgehead atoms. The second kappa shape index (κ2) is 7.44. The van der Waals surface area contributed by atoms with E-state index in [4.69, 9.17) is 5.11 Å². The molecule has 0 unspecified atom stereocenters. The Labute approximate surface area is 141 Å². The van der Waals surface area contributed by atoms with Crippen LogP contribution in [0.4, 0.5) is 11.8 Å². The highest BCUT2D eigenvalue weighted by molar-refractivity contribution is 5.90. The van der Waals surface area contributed by atoms with Gasteiger partial charge in [0.1, 0.15) is 5.82 Å². The van der Waals surface area contributed by atoms with E-state index >= 15 is 0 Å². The number of anilines is 2. The number of rotatable bonds is 5. The van der Waals surface area contributed by atoms with Crippen molar-refractivity contribution in [2.24, 2.45) is 5.92 Å². The van der Waals surface area contributed by atoms with Crippen LogP contribution in [0.2, 0.25) is 0 Å². The van der Waals surface area contributed by atoms with Crippen molar-refractivity contribution in [1.29, 1.82) is 0 Å². The van der Waals surface area contributed by atoms with Crippen LogP contribution in [0.3, 0.4) is 0 Å². The van der Waals surface area contributed by atoms with Crippen molar-refractivity contribution in [1.82, 2.24) is 15.3 Å². The zero-order chi connectivity index (χ0) is 16.9. The van der Waals surface area contributed by atoms with Gasteiger partial charge in [0.2, 0.25) is 11.9 Å². The van der Waals surface area contributed by atoms with Crippen molar-refractivity contribution in [2.75, 3.05) is 43.5 Å². The molecule has 1 amide bonds. The maximum atomic E-state index is 11.8. The summed E-state index contributed by atoms with van der Waals surface area (Å²) in [5.41, 5.74) is 0.872. The summed E-state index contributed by atoms with van der Waals surface area (Å²) < 4.78 is 0. The average molecular weight is 329 g/mol. The van der Waals surface area contributed by atoms with Crippen LogP contribution in [0.5, 0.6) is 0 Å². The summed E-state index contributed by atoms with van der Waals surface area (Å²) in [6.45, 7) is 2.01. The molecule has 2 heterocycles. The number of aromatic nitrogens is 2. The maximum Gasteiger partial charge on any atom is 0.227 e. The van der Waals surface area contributed by atoms with Crippen LogP contribution in [0.15, 0.2) is 24.3 Å². The Morgan fingerprint density at radius 2 is 2.04 bits per heavy atom. The highest BCUT2D eigenvalue weighted by Crippen LogP contribution is 2.26. The fraction of sp³-hybridized carbons (Fsp3) is 0.471. The Bertz CT molecular complexity index is 713. The topological polar surface area (TPSA) is 90.4 Å². The number of nitrogens with one attached hydrogen (secondary N) is 2. The van der Waals surface area contributed by atoms with Crippen molar-refractivity contribution in [2.45, 2.75) is 12.8 Å². The molecular weight excluding hydrogens is 306 g/mol. The molecule has 1 saturated heterocycles. The Balaban J connectivity index is 1.83. The number of piperidine rings is 1. The normalized spacial score (nSPS) is 15.5. The van der Waals surface area contributed by atoms with Crippen LogP contribution in [-0.4, -0.2) is 54.3 Å². The quantitative estimate of drug-likeness (QED) is 0.758. The lowest BCUT2D eigenvalue weighted by atomic mass is 9.96. The first-order valence-corrected chi connectivity index (χ1v) is 8.31. The number of benzene rings is 1. The third-order valence-corrected chi connectivity index (χ3v) is 4.39. The Morgan fingerprint density at radius 3 is 2.75 bits per heavy atom. The minimum atomic E-state index is 0.0468. The molecule has 0 spiro atoms. The van der Waals surface area contributed by atoms with Gasteiger partial charge in [0, 0.05) is 38.0 Å². The number of hydrogen-bond acceptors (Lipinski definition) is 6. The Morgan fingerprint density at radius 1 is 1.29 bits per heavy atom. The second-order valence-electron chi connectivity index (χ2n) is 5.92. The van der Waals surface area contributed by atoms with Crippen LogP contribution < -0.4 is 15.5 Å². The summed E-state index contributed by atoms with van der Waals surface area (Å²) in [4.78, 5) is 23.2. The van der Waals surface area contributed by atoms with Crippen LogP contribution in [0, 0.1) is 5.92 Å². The van der Waals surface area contributed by atoms with Crippen LogP contribution in [-0.2, 0) is 4.79 Å². The molecule has 7 nitrogen and oxygen atoms in total. The van der Waals surface area contributed by atoms with E-state index in [1.807, 2.05) is 24.3 Å². The van der Waals surface area contributed by atoms with Crippen molar-refractivity contribution in [3.63, 3.8) is 0 Å². The first-order chi connectivity index (χ1) is 11.7. The molecule has 2 aromatic rings. The van der Waals surface area contributed by atoms with Crippen molar-refractivity contribution >= 4 is 28.6 Å². The van der Waals surface area contributed by atoms with Gasteiger partial charge in [-0.05, 0) is 25.0 Å². The number of para-hydroxylation sites is 1. The summed E-state index contributed by atoms with van der Waals surface area (Å²) in [5, 5.41) is 15.9. The monoisotopic (exact) mass is 329 g/mol. The lowest BCUT2D eigenvalue weighted by Crippen LogP contribution is -2.40. The number of carbonyl (C=O) groups excluding carboxylic acids is 1. The van der Waals surface area contributed by atoms with Gasteiger partial charge in [-0.2, -0.15) is 4.98 Å². The molecule has 0 radical (unpaired) electrons. The van der Waals surface area contributed by atoms with E-state index in [2.05, 4.69) is 25.5 Å². The zero-order valence-electron chi connectivity index (χ0n) is 13.8.